The van der Waals surface area contributed by atoms with E-state index >= 15 is 0 Å². The number of rotatable bonds is 8. The predicted octanol–water partition coefficient (Wildman–Crippen LogP) is 3.10. The van der Waals surface area contributed by atoms with Crippen LogP contribution in [0.4, 0.5) is 5.69 Å². The molecule has 3 N–H and O–H groups in total. The lowest BCUT2D eigenvalue weighted by atomic mass is 10.1. The Morgan fingerprint density at radius 2 is 1.73 bits per heavy atom. The Labute approximate surface area is 153 Å². The van der Waals surface area contributed by atoms with Crippen molar-refractivity contribution in [2.75, 3.05) is 11.9 Å². The van der Waals surface area contributed by atoms with Crippen LogP contribution in [-0.4, -0.2) is 38.2 Å². The van der Waals surface area contributed by atoms with E-state index in [0.29, 0.717) is 12.2 Å². The van der Waals surface area contributed by atoms with Gasteiger partial charge in [-0.3, -0.25) is 0 Å². The van der Waals surface area contributed by atoms with E-state index < -0.39 is 11.9 Å². The van der Waals surface area contributed by atoms with Crippen molar-refractivity contribution in [3.05, 3.63) is 60.2 Å². The van der Waals surface area contributed by atoms with Gasteiger partial charge in [0, 0.05) is 43.3 Å². The molecule has 7 nitrogen and oxygen atoms in total. The molecule has 0 unspecified atom stereocenters. The number of carboxylic acids is 2. The quantitative estimate of drug-likeness (QED) is 0.494. The Morgan fingerprint density at radius 1 is 1.12 bits per heavy atom. The highest BCUT2D eigenvalue weighted by Gasteiger charge is 2.00. The lowest BCUT2D eigenvalue weighted by molar-refractivity contribution is -0.134. The molecule has 2 rings (SSSR count). The molecule has 0 aliphatic carbocycles. The monoisotopic (exact) mass is 359 g/mol. The lowest BCUT2D eigenvalue weighted by Crippen LogP contribution is -2.06. The van der Waals surface area contributed by atoms with E-state index in [9.17, 15) is 9.59 Å². The maximum Gasteiger partial charge on any atom is 0.328 e. The van der Waals surface area contributed by atoms with Crippen LogP contribution in [0.3, 0.4) is 0 Å². The molecule has 140 valence electrons. The SMILES string of the molecule is Cc1cccc(C)c1NCCCCn1ccnc1.O=C(O)/C=C/C(=O)O. The Hall–Kier alpha value is -3.09. The molecule has 2 aromatic rings. The molecule has 0 fully saturated rings. The fourth-order valence-corrected chi connectivity index (χ4v) is 2.29. The lowest BCUT2D eigenvalue weighted by Gasteiger charge is -2.12. The van der Waals surface area contributed by atoms with Gasteiger partial charge in [-0.2, -0.15) is 0 Å². The number of aryl methyl sites for hydroxylation is 3. The van der Waals surface area contributed by atoms with E-state index in [0.717, 1.165) is 13.1 Å². The average molecular weight is 359 g/mol. The van der Waals surface area contributed by atoms with Crippen LogP contribution >= 0.6 is 0 Å². The predicted molar refractivity (Wildman–Crippen MR) is 100 cm³/mol. The van der Waals surface area contributed by atoms with Crippen LogP contribution in [0.25, 0.3) is 0 Å². The summed E-state index contributed by atoms with van der Waals surface area (Å²) in [4.78, 5) is 23.1. The third-order valence-corrected chi connectivity index (χ3v) is 3.55. The van der Waals surface area contributed by atoms with Crippen LogP contribution in [0.5, 0.6) is 0 Å². The molecule has 0 spiro atoms. The zero-order valence-corrected chi connectivity index (χ0v) is 15.1. The highest BCUT2D eigenvalue weighted by molar-refractivity contribution is 5.89. The molecule has 0 saturated heterocycles. The second kappa shape index (κ2) is 11.5. The fraction of sp³-hybridized carbons (Fsp3) is 0.316. The zero-order valence-electron chi connectivity index (χ0n) is 15.1. The van der Waals surface area contributed by atoms with Gasteiger partial charge in [0.1, 0.15) is 0 Å². The first-order valence-corrected chi connectivity index (χ1v) is 8.30. The third-order valence-electron chi connectivity index (χ3n) is 3.55. The first-order chi connectivity index (χ1) is 12.4. The summed E-state index contributed by atoms with van der Waals surface area (Å²) in [6.07, 6.45) is 9.18. The Balaban J connectivity index is 0.000000359. The molecule has 0 aliphatic rings. The Kier molecular flexibility index (Phi) is 9.24. The van der Waals surface area contributed by atoms with Gasteiger partial charge in [0.2, 0.25) is 0 Å². The van der Waals surface area contributed by atoms with Gasteiger partial charge in [0.15, 0.2) is 0 Å². The molecular formula is C19H25N3O4. The number of para-hydroxylation sites is 1. The number of hydrogen-bond acceptors (Lipinski definition) is 4. The fourth-order valence-electron chi connectivity index (χ4n) is 2.29. The second-order valence-electron chi connectivity index (χ2n) is 5.71. The van der Waals surface area contributed by atoms with Crippen molar-refractivity contribution in [1.82, 2.24) is 9.55 Å². The standard InChI is InChI=1S/C15H21N3.C4H4O4/c1-13-6-5-7-14(2)15(13)17-8-3-4-10-18-11-9-16-12-18;5-3(6)1-2-4(7)8/h5-7,9,11-12,17H,3-4,8,10H2,1-2H3;1-2H,(H,5,6)(H,7,8)/b;2-1+. The average Bonchev–Trinajstić information content (AvgIpc) is 3.09. The first kappa shape index (κ1) is 21.0. The van der Waals surface area contributed by atoms with Gasteiger partial charge >= 0.3 is 11.9 Å². The molecule has 0 aliphatic heterocycles. The summed E-state index contributed by atoms with van der Waals surface area (Å²) in [5.74, 6) is -2.51. The number of imidazole rings is 1. The van der Waals surface area contributed by atoms with Crippen molar-refractivity contribution in [3.63, 3.8) is 0 Å². The second-order valence-corrected chi connectivity index (χ2v) is 5.71. The number of aromatic nitrogens is 2. The maximum absolute atomic E-state index is 9.55. The maximum atomic E-state index is 9.55. The largest absolute Gasteiger partial charge is 0.478 e. The molecule has 1 heterocycles. The number of nitrogens with one attached hydrogen (secondary N) is 1. The summed E-state index contributed by atoms with van der Waals surface area (Å²) < 4.78 is 2.12. The molecule has 1 aromatic carbocycles. The molecule has 7 heteroatoms. The van der Waals surface area contributed by atoms with Gasteiger partial charge in [-0.15, -0.1) is 0 Å². The summed E-state index contributed by atoms with van der Waals surface area (Å²) in [5.41, 5.74) is 3.94. The summed E-state index contributed by atoms with van der Waals surface area (Å²) in [6.45, 7) is 6.39. The highest BCUT2D eigenvalue weighted by atomic mass is 16.4. The van der Waals surface area contributed by atoms with Crippen molar-refractivity contribution in [3.8, 4) is 0 Å². The molecule has 1 aromatic heterocycles. The van der Waals surface area contributed by atoms with Crippen molar-refractivity contribution in [2.24, 2.45) is 0 Å². The first-order valence-electron chi connectivity index (χ1n) is 8.30. The van der Waals surface area contributed by atoms with Crippen molar-refractivity contribution in [2.45, 2.75) is 33.2 Å². The number of anilines is 1. The minimum absolute atomic E-state index is 0.558. The number of carbonyl (C=O) groups is 2. The molecule has 0 atom stereocenters. The van der Waals surface area contributed by atoms with Crippen molar-refractivity contribution in [1.29, 1.82) is 0 Å². The van der Waals surface area contributed by atoms with Crippen LogP contribution in [-0.2, 0) is 16.1 Å². The van der Waals surface area contributed by atoms with Crippen molar-refractivity contribution >= 4 is 17.6 Å². The normalized spacial score (nSPS) is 10.2. The zero-order chi connectivity index (χ0) is 19.4. The summed E-state index contributed by atoms with van der Waals surface area (Å²) in [7, 11) is 0. The number of nitrogens with zero attached hydrogens (tertiary/aromatic N) is 2. The van der Waals surface area contributed by atoms with E-state index in [4.69, 9.17) is 10.2 Å². The Morgan fingerprint density at radius 3 is 2.23 bits per heavy atom. The molecule has 0 amide bonds. The molecule has 0 radical (unpaired) electrons. The van der Waals surface area contributed by atoms with Crippen LogP contribution in [0.1, 0.15) is 24.0 Å². The minimum atomic E-state index is -1.26. The van der Waals surface area contributed by atoms with E-state index in [1.807, 2.05) is 18.7 Å². The van der Waals surface area contributed by atoms with Gasteiger partial charge in [-0.1, -0.05) is 18.2 Å². The van der Waals surface area contributed by atoms with Gasteiger partial charge in [0.25, 0.3) is 0 Å². The minimum Gasteiger partial charge on any atom is -0.478 e. The number of hydrogen-bond donors (Lipinski definition) is 3. The van der Waals surface area contributed by atoms with Crippen LogP contribution < -0.4 is 5.32 Å². The molecule has 0 saturated carbocycles. The van der Waals surface area contributed by atoms with E-state index in [-0.39, 0.29) is 0 Å². The van der Waals surface area contributed by atoms with Gasteiger partial charge in [-0.05, 0) is 37.8 Å². The van der Waals surface area contributed by atoms with Crippen molar-refractivity contribution < 1.29 is 19.8 Å². The summed E-state index contributed by atoms with van der Waals surface area (Å²) >= 11 is 0. The molecular weight excluding hydrogens is 334 g/mol. The van der Waals surface area contributed by atoms with Gasteiger partial charge in [-0.25, -0.2) is 14.6 Å². The number of carboxylic acid groups (broad SMARTS) is 2. The van der Waals surface area contributed by atoms with Crippen LogP contribution in [0.2, 0.25) is 0 Å². The summed E-state index contributed by atoms with van der Waals surface area (Å²) in [6, 6.07) is 6.41. The Bertz CT molecular complexity index is 688. The number of aliphatic carboxylic acids is 2. The van der Waals surface area contributed by atoms with Crippen LogP contribution in [0, 0.1) is 13.8 Å². The topological polar surface area (TPSA) is 104 Å². The number of benzene rings is 1. The van der Waals surface area contributed by atoms with Crippen LogP contribution in [0.15, 0.2) is 49.1 Å². The van der Waals surface area contributed by atoms with Gasteiger partial charge in [0.05, 0.1) is 6.33 Å². The number of unbranched alkanes of at least 4 members (excludes halogenated alkanes) is 1. The molecule has 0 bridgehead atoms. The van der Waals surface area contributed by atoms with E-state index in [1.165, 1.54) is 29.7 Å². The third kappa shape index (κ3) is 8.68. The summed E-state index contributed by atoms with van der Waals surface area (Å²) in [5, 5.41) is 19.2. The van der Waals surface area contributed by atoms with Gasteiger partial charge < -0.3 is 20.1 Å². The highest BCUT2D eigenvalue weighted by Crippen LogP contribution is 2.19. The smallest absolute Gasteiger partial charge is 0.328 e. The van der Waals surface area contributed by atoms with E-state index in [1.54, 1.807) is 0 Å². The molecule has 26 heavy (non-hydrogen) atoms. The van der Waals surface area contributed by atoms with E-state index in [2.05, 4.69) is 46.9 Å².